The molecule has 3 aliphatic rings. The third-order valence-electron chi connectivity index (χ3n) is 6.38. The third kappa shape index (κ3) is 5.61. The molecule has 0 amide bonds. The van der Waals surface area contributed by atoms with Gasteiger partial charge in [-0.1, -0.05) is 12.1 Å². The SMILES string of the molecule is Cc1cc(C(=O)OC2CCC(c3ccc(OCC4CO4)cc3)CC2)ccc1OCC1CO1. The van der Waals surface area contributed by atoms with E-state index in [0.29, 0.717) is 24.7 Å². The summed E-state index contributed by atoms with van der Waals surface area (Å²) in [5.74, 6) is 1.92. The Morgan fingerprint density at radius 3 is 2.19 bits per heavy atom. The topological polar surface area (TPSA) is 69.8 Å². The van der Waals surface area contributed by atoms with Gasteiger partial charge in [0.15, 0.2) is 0 Å². The first kappa shape index (κ1) is 21.3. The van der Waals surface area contributed by atoms with Gasteiger partial charge < -0.3 is 23.7 Å². The van der Waals surface area contributed by atoms with Crippen molar-refractivity contribution in [2.75, 3.05) is 26.4 Å². The number of carbonyl (C=O) groups is 1. The van der Waals surface area contributed by atoms with Gasteiger partial charge in [0.25, 0.3) is 0 Å². The van der Waals surface area contributed by atoms with Gasteiger partial charge in [0.2, 0.25) is 0 Å². The monoisotopic (exact) mass is 438 g/mol. The van der Waals surface area contributed by atoms with Gasteiger partial charge in [0.1, 0.15) is 43.0 Å². The van der Waals surface area contributed by atoms with Crippen LogP contribution in [0.2, 0.25) is 0 Å². The van der Waals surface area contributed by atoms with Crippen molar-refractivity contribution in [1.82, 2.24) is 0 Å². The van der Waals surface area contributed by atoms with Crippen LogP contribution in [0.1, 0.15) is 53.1 Å². The van der Waals surface area contributed by atoms with Gasteiger partial charge in [-0.05, 0) is 80.0 Å². The fourth-order valence-corrected chi connectivity index (χ4v) is 4.21. The van der Waals surface area contributed by atoms with Crippen molar-refractivity contribution in [1.29, 1.82) is 0 Å². The molecule has 1 saturated carbocycles. The van der Waals surface area contributed by atoms with E-state index in [0.717, 1.165) is 56.0 Å². The van der Waals surface area contributed by atoms with Gasteiger partial charge >= 0.3 is 5.97 Å². The molecule has 2 aliphatic heterocycles. The fourth-order valence-electron chi connectivity index (χ4n) is 4.21. The van der Waals surface area contributed by atoms with E-state index in [1.807, 2.05) is 31.2 Å². The van der Waals surface area contributed by atoms with Crippen LogP contribution in [0, 0.1) is 6.92 Å². The highest BCUT2D eigenvalue weighted by Crippen LogP contribution is 2.35. The summed E-state index contributed by atoms with van der Waals surface area (Å²) < 4.78 is 27.6. The Balaban J connectivity index is 1.08. The number of carbonyl (C=O) groups excluding carboxylic acids is 1. The molecule has 3 fully saturated rings. The molecule has 5 rings (SSSR count). The van der Waals surface area contributed by atoms with Gasteiger partial charge in [-0.2, -0.15) is 0 Å². The van der Waals surface area contributed by atoms with Crippen LogP contribution in [-0.2, 0) is 14.2 Å². The molecule has 2 heterocycles. The van der Waals surface area contributed by atoms with E-state index in [2.05, 4.69) is 12.1 Å². The number of aryl methyl sites for hydroxylation is 1. The van der Waals surface area contributed by atoms with E-state index in [-0.39, 0.29) is 24.3 Å². The lowest BCUT2D eigenvalue weighted by atomic mass is 9.83. The zero-order chi connectivity index (χ0) is 21.9. The third-order valence-corrected chi connectivity index (χ3v) is 6.38. The van der Waals surface area contributed by atoms with Gasteiger partial charge in [0.05, 0.1) is 18.8 Å². The van der Waals surface area contributed by atoms with Gasteiger partial charge in [-0.15, -0.1) is 0 Å². The van der Waals surface area contributed by atoms with Crippen LogP contribution in [0.5, 0.6) is 11.5 Å². The number of hydrogen-bond acceptors (Lipinski definition) is 6. The molecule has 6 heteroatoms. The predicted molar refractivity (Wildman–Crippen MR) is 119 cm³/mol. The molecule has 1 aliphatic carbocycles. The molecule has 0 spiro atoms. The highest BCUT2D eigenvalue weighted by atomic mass is 16.6. The first-order chi connectivity index (χ1) is 15.6. The average molecular weight is 439 g/mol. The second-order valence-corrected chi connectivity index (χ2v) is 8.96. The lowest BCUT2D eigenvalue weighted by Gasteiger charge is -2.28. The highest BCUT2D eigenvalue weighted by Gasteiger charge is 2.27. The quantitative estimate of drug-likeness (QED) is 0.426. The lowest BCUT2D eigenvalue weighted by Crippen LogP contribution is -2.24. The van der Waals surface area contributed by atoms with Gasteiger partial charge in [0, 0.05) is 0 Å². The Kier molecular flexibility index (Phi) is 6.32. The van der Waals surface area contributed by atoms with Crippen molar-refractivity contribution in [3.8, 4) is 11.5 Å². The largest absolute Gasteiger partial charge is 0.491 e. The van der Waals surface area contributed by atoms with Crippen LogP contribution in [0.3, 0.4) is 0 Å². The Labute approximate surface area is 188 Å². The maximum Gasteiger partial charge on any atom is 0.338 e. The molecular formula is C26H30O6. The number of rotatable bonds is 9. The summed E-state index contributed by atoms with van der Waals surface area (Å²) in [7, 11) is 0. The number of benzene rings is 2. The van der Waals surface area contributed by atoms with Crippen molar-refractivity contribution in [2.45, 2.75) is 56.8 Å². The van der Waals surface area contributed by atoms with E-state index < -0.39 is 0 Å². The lowest BCUT2D eigenvalue weighted by molar-refractivity contribution is 0.0195. The molecule has 170 valence electrons. The number of hydrogen-bond donors (Lipinski definition) is 0. The van der Waals surface area contributed by atoms with Crippen molar-refractivity contribution < 1.29 is 28.5 Å². The van der Waals surface area contributed by atoms with E-state index >= 15 is 0 Å². The molecule has 6 nitrogen and oxygen atoms in total. The predicted octanol–water partition coefficient (Wildman–Crippen LogP) is 4.43. The smallest absolute Gasteiger partial charge is 0.338 e. The molecule has 0 N–H and O–H groups in total. The Bertz CT molecular complexity index is 924. The summed E-state index contributed by atoms with van der Waals surface area (Å²) in [6.45, 7) is 4.70. The van der Waals surface area contributed by atoms with Crippen molar-refractivity contribution >= 4 is 5.97 Å². The summed E-state index contributed by atoms with van der Waals surface area (Å²) in [6.07, 6.45) is 4.26. The van der Waals surface area contributed by atoms with Crippen molar-refractivity contribution in [3.05, 3.63) is 59.2 Å². The Hall–Kier alpha value is -2.57. The molecule has 2 unspecified atom stereocenters. The molecule has 2 atom stereocenters. The summed E-state index contributed by atoms with van der Waals surface area (Å²) in [5, 5.41) is 0. The molecule has 0 radical (unpaired) electrons. The minimum Gasteiger partial charge on any atom is -0.491 e. The van der Waals surface area contributed by atoms with Crippen molar-refractivity contribution in [3.63, 3.8) is 0 Å². The fraction of sp³-hybridized carbons (Fsp3) is 0.500. The molecule has 32 heavy (non-hydrogen) atoms. The molecule has 0 aromatic heterocycles. The molecule has 2 aromatic rings. The molecular weight excluding hydrogens is 408 g/mol. The number of esters is 1. The summed E-state index contributed by atoms with van der Waals surface area (Å²) >= 11 is 0. The molecule has 2 aromatic carbocycles. The standard InChI is InChI=1S/C26H30O6/c1-17-12-20(6-11-25(17)31-16-24-15-30-24)26(27)32-22-9-4-19(5-10-22)18-2-7-21(8-3-18)28-13-23-14-29-23/h2-3,6-8,11-12,19,22-24H,4-5,9-10,13-16H2,1H3. The average Bonchev–Trinajstić information content (AvgIpc) is 3.73. The molecule has 0 bridgehead atoms. The number of epoxide rings is 2. The summed E-state index contributed by atoms with van der Waals surface area (Å²) in [4.78, 5) is 12.6. The summed E-state index contributed by atoms with van der Waals surface area (Å²) in [6, 6.07) is 13.9. The molecule has 2 saturated heterocycles. The zero-order valence-electron chi connectivity index (χ0n) is 18.5. The van der Waals surface area contributed by atoms with Crippen molar-refractivity contribution in [2.24, 2.45) is 0 Å². The van der Waals surface area contributed by atoms with Crippen LogP contribution in [-0.4, -0.2) is 50.7 Å². The van der Waals surface area contributed by atoms with Crippen LogP contribution in [0.25, 0.3) is 0 Å². The van der Waals surface area contributed by atoms with E-state index in [1.54, 1.807) is 6.07 Å². The van der Waals surface area contributed by atoms with Gasteiger partial charge in [-0.25, -0.2) is 4.79 Å². The second-order valence-electron chi connectivity index (χ2n) is 8.96. The second kappa shape index (κ2) is 9.51. The van der Waals surface area contributed by atoms with Crippen LogP contribution in [0.4, 0.5) is 0 Å². The van der Waals surface area contributed by atoms with E-state index in [1.165, 1.54) is 5.56 Å². The minimum absolute atomic E-state index is 0.0249. The zero-order valence-corrected chi connectivity index (χ0v) is 18.5. The van der Waals surface area contributed by atoms with Crippen LogP contribution in [0.15, 0.2) is 42.5 Å². The van der Waals surface area contributed by atoms with E-state index in [9.17, 15) is 4.79 Å². The first-order valence-electron chi connectivity index (χ1n) is 11.5. The Morgan fingerprint density at radius 2 is 1.56 bits per heavy atom. The number of ether oxygens (including phenoxy) is 5. The van der Waals surface area contributed by atoms with E-state index in [4.69, 9.17) is 23.7 Å². The van der Waals surface area contributed by atoms with Crippen LogP contribution < -0.4 is 9.47 Å². The first-order valence-corrected chi connectivity index (χ1v) is 11.5. The maximum atomic E-state index is 12.6. The summed E-state index contributed by atoms with van der Waals surface area (Å²) in [5.41, 5.74) is 2.83. The van der Waals surface area contributed by atoms with Gasteiger partial charge in [-0.3, -0.25) is 0 Å². The van der Waals surface area contributed by atoms with Crippen LogP contribution >= 0.6 is 0 Å². The highest BCUT2D eigenvalue weighted by molar-refractivity contribution is 5.90. The maximum absolute atomic E-state index is 12.6. The Morgan fingerprint density at radius 1 is 0.906 bits per heavy atom. The minimum atomic E-state index is -0.255. The normalized spacial score (nSPS) is 26.3.